The summed E-state index contributed by atoms with van der Waals surface area (Å²) in [6, 6.07) is 16.1. The number of pyridine rings is 1. The van der Waals surface area contributed by atoms with E-state index in [2.05, 4.69) is 37.0 Å². The van der Waals surface area contributed by atoms with Gasteiger partial charge in [0, 0.05) is 24.2 Å². The molecule has 24 heavy (non-hydrogen) atoms. The van der Waals surface area contributed by atoms with E-state index < -0.39 is 0 Å². The Kier molecular flexibility index (Phi) is 4.14. The maximum Gasteiger partial charge on any atom is 0.136 e. The molecule has 0 saturated heterocycles. The Balaban J connectivity index is 2.01. The number of hydrogen-bond donors (Lipinski definition) is 0. The predicted molar refractivity (Wildman–Crippen MR) is 92.5 cm³/mol. The molecule has 0 atom stereocenters. The van der Waals surface area contributed by atoms with Crippen LogP contribution in [0.1, 0.15) is 36.5 Å². The lowest BCUT2D eigenvalue weighted by molar-refractivity contribution is 0.867. The van der Waals surface area contributed by atoms with Gasteiger partial charge in [0.15, 0.2) is 0 Å². The van der Waals surface area contributed by atoms with Gasteiger partial charge >= 0.3 is 0 Å². The van der Waals surface area contributed by atoms with Crippen LogP contribution in [0.4, 0.5) is 0 Å². The summed E-state index contributed by atoms with van der Waals surface area (Å²) in [5.41, 5.74) is 4.25. The normalized spacial score (nSPS) is 10.4. The molecule has 4 heteroatoms. The number of benzene rings is 1. The van der Waals surface area contributed by atoms with Crippen molar-refractivity contribution in [1.29, 1.82) is 10.5 Å². The molecule has 0 N–H and O–H groups in total. The van der Waals surface area contributed by atoms with E-state index in [-0.39, 0.29) is 0 Å². The molecule has 0 aliphatic heterocycles. The van der Waals surface area contributed by atoms with Gasteiger partial charge in [-0.3, -0.25) is 0 Å². The SMILES string of the molecule is CC(C)c1ccc(-c2cn(-c3ccc(C#N)cn3)cc2C#N)cc1. The second-order valence-corrected chi connectivity index (χ2v) is 5.90. The van der Waals surface area contributed by atoms with Gasteiger partial charge in [-0.1, -0.05) is 38.1 Å². The van der Waals surface area contributed by atoms with Crippen molar-refractivity contribution in [1.82, 2.24) is 9.55 Å². The van der Waals surface area contributed by atoms with Crippen LogP contribution >= 0.6 is 0 Å². The van der Waals surface area contributed by atoms with E-state index in [9.17, 15) is 5.26 Å². The van der Waals surface area contributed by atoms with Crippen molar-refractivity contribution in [2.24, 2.45) is 0 Å². The van der Waals surface area contributed by atoms with E-state index in [1.54, 1.807) is 18.3 Å². The van der Waals surface area contributed by atoms with Crippen molar-refractivity contribution in [2.45, 2.75) is 19.8 Å². The molecule has 0 radical (unpaired) electrons. The number of rotatable bonds is 3. The molecule has 2 heterocycles. The monoisotopic (exact) mass is 312 g/mol. The topological polar surface area (TPSA) is 65.4 Å². The van der Waals surface area contributed by atoms with Crippen LogP contribution in [0, 0.1) is 22.7 Å². The quantitative estimate of drug-likeness (QED) is 0.719. The van der Waals surface area contributed by atoms with E-state index in [1.807, 2.05) is 29.0 Å². The number of nitrogens with zero attached hydrogens (tertiary/aromatic N) is 4. The molecule has 0 spiro atoms. The highest BCUT2D eigenvalue weighted by molar-refractivity contribution is 5.71. The molecule has 3 rings (SSSR count). The Morgan fingerprint density at radius 3 is 2.25 bits per heavy atom. The van der Waals surface area contributed by atoms with Gasteiger partial charge in [0.25, 0.3) is 0 Å². The largest absolute Gasteiger partial charge is 0.307 e. The third-order valence-electron chi connectivity index (χ3n) is 3.98. The van der Waals surface area contributed by atoms with Crippen LogP contribution in [0.3, 0.4) is 0 Å². The predicted octanol–water partition coefficient (Wildman–Crippen LogP) is 4.41. The summed E-state index contributed by atoms with van der Waals surface area (Å²) in [5.74, 6) is 1.15. The van der Waals surface area contributed by atoms with Crippen LogP contribution in [0.25, 0.3) is 16.9 Å². The van der Waals surface area contributed by atoms with Gasteiger partial charge in [0.05, 0.1) is 11.1 Å². The molecule has 0 amide bonds. The average molecular weight is 312 g/mol. The molecule has 116 valence electrons. The van der Waals surface area contributed by atoms with Gasteiger partial charge in [-0.15, -0.1) is 0 Å². The zero-order valence-corrected chi connectivity index (χ0v) is 13.6. The average Bonchev–Trinajstić information content (AvgIpc) is 3.06. The van der Waals surface area contributed by atoms with Crippen molar-refractivity contribution in [3.8, 4) is 29.1 Å². The standard InChI is InChI=1S/C20H16N4/c1-14(2)16-4-6-17(7-5-16)19-13-24(12-18(19)10-22)20-8-3-15(9-21)11-23-20/h3-8,11-14H,1-2H3. The first-order chi connectivity index (χ1) is 11.6. The summed E-state index contributed by atoms with van der Waals surface area (Å²) in [6.07, 6.45) is 5.19. The van der Waals surface area contributed by atoms with Crippen molar-refractivity contribution in [3.63, 3.8) is 0 Å². The minimum Gasteiger partial charge on any atom is -0.307 e. The third kappa shape index (κ3) is 2.91. The highest BCUT2D eigenvalue weighted by atomic mass is 15.0. The minimum atomic E-state index is 0.474. The van der Waals surface area contributed by atoms with Crippen molar-refractivity contribution in [2.75, 3.05) is 0 Å². The summed E-state index contributed by atoms with van der Waals surface area (Å²) >= 11 is 0. The first-order valence-corrected chi connectivity index (χ1v) is 7.71. The van der Waals surface area contributed by atoms with E-state index in [1.165, 1.54) is 11.8 Å². The molecule has 0 aliphatic rings. The fourth-order valence-electron chi connectivity index (χ4n) is 2.56. The van der Waals surface area contributed by atoms with Crippen molar-refractivity contribution >= 4 is 0 Å². The first kappa shape index (κ1) is 15.5. The van der Waals surface area contributed by atoms with E-state index in [4.69, 9.17) is 5.26 Å². The molecule has 0 aliphatic carbocycles. The highest BCUT2D eigenvalue weighted by Crippen LogP contribution is 2.27. The Morgan fingerprint density at radius 1 is 0.958 bits per heavy atom. The van der Waals surface area contributed by atoms with Crippen molar-refractivity contribution in [3.05, 3.63) is 71.7 Å². The van der Waals surface area contributed by atoms with Gasteiger partial charge in [-0.2, -0.15) is 10.5 Å². The zero-order valence-electron chi connectivity index (χ0n) is 13.6. The maximum atomic E-state index is 9.44. The zero-order chi connectivity index (χ0) is 17.1. The van der Waals surface area contributed by atoms with Crippen LogP contribution in [-0.4, -0.2) is 9.55 Å². The molecule has 4 nitrogen and oxygen atoms in total. The van der Waals surface area contributed by atoms with Gasteiger partial charge in [-0.25, -0.2) is 4.98 Å². The third-order valence-corrected chi connectivity index (χ3v) is 3.98. The lowest BCUT2D eigenvalue weighted by atomic mass is 9.99. The Labute approximate surface area is 141 Å². The second kappa shape index (κ2) is 6.40. The van der Waals surface area contributed by atoms with Crippen LogP contribution in [0.2, 0.25) is 0 Å². The van der Waals surface area contributed by atoms with Crippen LogP contribution < -0.4 is 0 Å². The molecule has 3 aromatic rings. The molecule has 1 aromatic carbocycles. The molecule has 2 aromatic heterocycles. The smallest absolute Gasteiger partial charge is 0.136 e. The fraction of sp³-hybridized carbons (Fsp3) is 0.150. The van der Waals surface area contributed by atoms with E-state index >= 15 is 0 Å². The summed E-state index contributed by atoms with van der Waals surface area (Å²) < 4.78 is 1.81. The fourth-order valence-corrected chi connectivity index (χ4v) is 2.56. The van der Waals surface area contributed by atoms with Crippen LogP contribution in [0.15, 0.2) is 55.0 Å². The summed E-state index contributed by atoms with van der Waals surface area (Å²) in [7, 11) is 0. The number of nitriles is 2. The second-order valence-electron chi connectivity index (χ2n) is 5.90. The molecule has 0 unspecified atom stereocenters. The first-order valence-electron chi connectivity index (χ1n) is 7.71. The van der Waals surface area contributed by atoms with Crippen LogP contribution in [-0.2, 0) is 0 Å². The van der Waals surface area contributed by atoms with Gasteiger partial charge < -0.3 is 4.57 Å². The number of aromatic nitrogens is 2. The molecule has 0 fully saturated rings. The Hall–Kier alpha value is -3.37. The Bertz CT molecular complexity index is 933. The summed E-state index contributed by atoms with van der Waals surface area (Å²) in [5, 5.41) is 18.3. The summed E-state index contributed by atoms with van der Waals surface area (Å²) in [6.45, 7) is 4.31. The van der Waals surface area contributed by atoms with Gasteiger partial charge in [0.1, 0.15) is 18.0 Å². The highest BCUT2D eigenvalue weighted by Gasteiger charge is 2.11. The lowest BCUT2D eigenvalue weighted by Crippen LogP contribution is -1.93. The molecular formula is C20H16N4. The van der Waals surface area contributed by atoms with Crippen molar-refractivity contribution < 1.29 is 0 Å². The maximum absolute atomic E-state index is 9.44. The summed E-state index contributed by atoms with van der Waals surface area (Å²) in [4.78, 5) is 4.27. The molecule has 0 saturated carbocycles. The molecular weight excluding hydrogens is 296 g/mol. The van der Waals surface area contributed by atoms with E-state index in [0.717, 1.165) is 11.1 Å². The lowest BCUT2D eigenvalue weighted by Gasteiger charge is -2.06. The number of hydrogen-bond acceptors (Lipinski definition) is 3. The van der Waals surface area contributed by atoms with Crippen LogP contribution in [0.5, 0.6) is 0 Å². The van der Waals surface area contributed by atoms with E-state index in [0.29, 0.717) is 22.9 Å². The minimum absolute atomic E-state index is 0.474. The van der Waals surface area contributed by atoms with Gasteiger partial charge in [-0.05, 0) is 29.2 Å². The van der Waals surface area contributed by atoms with Gasteiger partial charge in [0.2, 0.25) is 0 Å². The Morgan fingerprint density at radius 2 is 1.71 bits per heavy atom. The molecule has 0 bridgehead atoms.